The Labute approximate surface area is 108 Å². The van der Waals surface area contributed by atoms with Gasteiger partial charge >= 0.3 is 0 Å². The highest BCUT2D eigenvalue weighted by Gasteiger charge is 2.43. The number of nitrogens with two attached hydrogens (primary N) is 1. The van der Waals surface area contributed by atoms with E-state index in [0.29, 0.717) is 6.61 Å². The number of likely N-dealkylation sites (tertiary alicyclic amines) is 1. The van der Waals surface area contributed by atoms with Gasteiger partial charge in [0.1, 0.15) is 6.04 Å². The minimum atomic E-state index is -0.525. The molecule has 0 radical (unpaired) electrons. The molecule has 0 bridgehead atoms. The molecule has 2 aliphatic heterocycles. The minimum Gasteiger partial charge on any atom is -0.383 e. The predicted molar refractivity (Wildman–Crippen MR) is 66.2 cm³/mol. The summed E-state index contributed by atoms with van der Waals surface area (Å²) in [7, 11) is 1.56. The minimum absolute atomic E-state index is 0. The van der Waals surface area contributed by atoms with Gasteiger partial charge < -0.3 is 20.1 Å². The van der Waals surface area contributed by atoms with Crippen molar-refractivity contribution in [2.75, 3.05) is 40.0 Å². The molecule has 6 heteroatoms. The van der Waals surface area contributed by atoms with E-state index < -0.39 is 6.04 Å². The molecule has 0 aromatic heterocycles. The molecule has 2 saturated heterocycles. The third-order valence-corrected chi connectivity index (χ3v) is 3.60. The van der Waals surface area contributed by atoms with Crippen molar-refractivity contribution in [2.45, 2.75) is 18.9 Å². The van der Waals surface area contributed by atoms with Crippen LogP contribution in [0.1, 0.15) is 12.8 Å². The number of halogens is 1. The fourth-order valence-corrected chi connectivity index (χ4v) is 2.58. The van der Waals surface area contributed by atoms with Crippen LogP contribution >= 0.6 is 12.4 Å². The predicted octanol–water partition coefficient (Wildman–Crippen LogP) is 0.0209. The first kappa shape index (κ1) is 14.7. The molecule has 0 saturated carbocycles. The van der Waals surface area contributed by atoms with Gasteiger partial charge in [-0.05, 0) is 12.8 Å². The van der Waals surface area contributed by atoms with Crippen LogP contribution in [0.4, 0.5) is 0 Å². The Hall–Kier alpha value is -0.360. The lowest BCUT2D eigenvalue weighted by atomic mass is 9.87. The van der Waals surface area contributed by atoms with Gasteiger partial charge in [-0.15, -0.1) is 12.4 Å². The smallest absolute Gasteiger partial charge is 0.241 e. The summed E-state index contributed by atoms with van der Waals surface area (Å²) in [6.45, 7) is 3.50. The number of hydrogen-bond acceptors (Lipinski definition) is 4. The van der Waals surface area contributed by atoms with Crippen molar-refractivity contribution in [3.05, 3.63) is 0 Å². The largest absolute Gasteiger partial charge is 0.383 e. The standard InChI is InChI=1S/C11H20N2O3.ClH/c1-15-6-9(12)10(14)13-4-2-11(7-13)3-5-16-8-11;/h9H,2-8,12H2,1H3;1H. The van der Waals surface area contributed by atoms with Crippen molar-refractivity contribution in [2.24, 2.45) is 11.1 Å². The lowest BCUT2D eigenvalue weighted by molar-refractivity contribution is -0.133. The van der Waals surface area contributed by atoms with E-state index in [4.69, 9.17) is 15.2 Å². The Morgan fingerprint density at radius 1 is 1.59 bits per heavy atom. The molecule has 0 aromatic rings. The van der Waals surface area contributed by atoms with Gasteiger partial charge in [-0.3, -0.25) is 4.79 Å². The molecule has 2 rings (SSSR count). The van der Waals surface area contributed by atoms with E-state index in [2.05, 4.69) is 0 Å². The first-order chi connectivity index (χ1) is 7.67. The topological polar surface area (TPSA) is 64.8 Å². The highest BCUT2D eigenvalue weighted by molar-refractivity contribution is 5.85. The maximum atomic E-state index is 12.0. The first-order valence-corrected chi connectivity index (χ1v) is 5.78. The van der Waals surface area contributed by atoms with E-state index in [1.165, 1.54) is 0 Å². The Kier molecular flexibility index (Phi) is 5.19. The Morgan fingerprint density at radius 2 is 2.35 bits per heavy atom. The second-order valence-corrected chi connectivity index (χ2v) is 4.87. The van der Waals surface area contributed by atoms with Crippen molar-refractivity contribution in [1.29, 1.82) is 0 Å². The van der Waals surface area contributed by atoms with E-state index in [1.807, 2.05) is 4.90 Å². The summed E-state index contributed by atoms with van der Waals surface area (Å²) in [4.78, 5) is 13.8. The summed E-state index contributed by atoms with van der Waals surface area (Å²) in [6, 6.07) is -0.525. The second kappa shape index (κ2) is 6.00. The lowest BCUT2D eigenvalue weighted by Gasteiger charge is -2.23. The van der Waals surface area contributed by atoms with Gasteiger partial charge in [0.25, 0.3) is 0 Å². The number of ether oxygens (including phenoxy) is 2. The first-order valence-electron chi connectivity index (χ1n) is 5.78. The number of methoxy groups -OCH3 is 1. The molecular formula is C11H21ClN2O3. The third kappa shape index (κ3) is 3.10. The van der Waals surface area contributed by atoms with Crippen LogP contribution in [0.5, 0.6) is 0 Å². The quantitative estimate of drug-likeness (QED) is 0.781. The zero-order chi connectivity index (χ0) is 11.6. The zero-order valence-corrected chi connectivity index (χ0v) is 11.0. The summed E-state index contributed by atoms with van der Waals surface area (Å²) in [5.41, 5.74) is 5.96. The molecule has 2 N–H and O–H groups in total. The molecule has 2 aliphatic rings. The SMILES string of the molecule is COCC(N)C(=O)N1CCC2(CCOC2)C1.Cl. The molecule has 2 unspecified atom stereocenters. The van der Waals surface area contributed by atoms with Gasteiger partial charge in [0.2, 0.25) is 5.91 Å². The van der Waals surface area contributed by atoms with E-state index in [-0.39, 0.29) is 23.7 Å². The Balaban J connectivity index is 0.00000144. The monoisotopic (exact) mass is 264 g/mol. The van der Waals surface area contributed by atoms with E-state index in [9.17, 15) is 4.79 Å². The van der Waals surface area contributed by atoms with E-state index >= 15 is 0 Å². The number of hydrogen-bond donors (Lipinski definition) is 1. The molecule has 2 fully saturated rings. The molecule has 2 heterocycles. The highest BCUT2D eigenvalue weighted by Crippen LogP contribution is 2.38. The van der Waals surface area contributed by atoms with Gasteiger partial charge in [-0.1, -0.05) is 0 Å². The molecule has 0 aliphatic carbocycles. The highest BCUT2D eigenvalue weighted by atomic mass is 35.5. The number of amides is 1. The van der Waals surface area contributed by atoms with Crippen molar-refractivity contribution < 1.29 is 14.3 Å². The number of carbonyl (C=O) groups is 1. The summed E-state index contributed by atoms with van der Waals surface area (Å²) in [5.74, 6) is 0.00521. The fraction of sp³-hybridized carbons (Fsp3) is 0.909. The van der Waals surface area contributed by atoms with Crippen LogP contribution in [-0.2, 0) is 14.3 Å². The summed E-state index contributed by atoms with van der Waals surface area (Å²) >= 11 is 0. The second-order valence-electron chi connectivity index (χ2n) is 4.87. The van der Waals surface area contributed by atoms with Crippen molar-refractivity contribution in [3.63, 3.8) is 0 Å². The summed E-state index contributed by atoms with van der Waals surface area (Å²) in [5, 5.41) is 0. The van der Waals surface area contributed by atoms with Crippen molar-refractivity contribution in [3.8, 4) is 0 Å². The zero-order valence-electron chi connectivity index (χ0n) is 10.2. The van der Waals surface area contributed by atoms with Crippen molar-refractivity contribution in [1.82, 2.24) is 4.90 Å². The molecule has 2 atom stereocenters. The molecular weight excluding hydrogens is 244 g/mol. The molecule has 1 spiro atoms. The lowest BCUT2D eigenvalue weighted by Crippen LogP contribution is -2.45. The van der Waals surface area contributed by atoms with Crippen LogP contribution in [0, 0.1) is 5.41 Å². The van der Waals surface area contributed by atoms with Gasteiger partial charge in [0.15, 0.2) is 0 Å². The summed E-state index contributed by atoms with van der Waals surface area (Å²) in [6.07, 6.45) is 2.11. The van der Waals surface area contributed by atoms with Gasteiger partial charge in [-0.25, -0.2) is 0 Å². The average molecular weight is 265 g/mol. The Morgan fingerprint density at radius 3 is 2.94 bits per heavy atom. The molecule has 1 amide bonds. The van der Waals surface area contributed by atoms with Crippen LogP contribution in [-0.4, -0.2) is 56.9 Å². The van der Waals surface area contributed by atoms with Gasteiger partial charge in [0, 0.05) is 32.2 Å². The van der Waals surface area contributed by atoms with E-state index in [0.717, 1.165) is 39.1 Å². The maximum absolute atomic E-state index is 12.0. The molecule has 0 aromatic carbocycles. The Bertz CT molecular complexity index is 269. The summed E-state index contributed by atoms with van der Waals surface area (Å²) < 4.78 is 10.3. The molecule has 17 heavy (non-hydrogen) atoms. The maximum Gasteiger partial charge on any atom is 0.241 e. The number of rotatable bonds is 3. The van der Waals surface area contributed by atoms with E-state index in [1.54, 1.807) is 7.11 Å². The van der Waals surface area contributed by atoms with Crippen molar-refractivity contribution >= 4 is 18.3 Å². The van der Waals surface area contributed by atoms with Gasteiger partial charge in [-0.2, -0.15) is 0 Å². The van der Waals surface area contributed by atoms with Crippen LogP contribution in [0.3, 0.4) is 0 Å². The number of nitrogens with zero attached hydrogens (tertiary/aromatic N) is 1. The number of carbonyl (C=O) groups excluding carboxylic acids is 1. The van der Waals surface area contributed by atoms with Crippen LogP contribution in [0.2, 0.25) is 0 Å². The normalized spacial score (nSPS) is 29.4. The van der Waals surface area contributed by atoms with Gasteiger partial charge in [0.05, 0.1) is 13.2 Å². The average Bonchev–Trinajstić information content (AvgIpc) is 2.89. The molecule has 100 valence electrons. The molecule has 5 nitrogen and oxygen atoms in total. The third-order valence-electron chi connectivity index (χ3n) is 3.60. The van der Waals surface area contributed by atoms with Crippen LogP contribution in [0.25, 0.3) is 0 Å². The van der Waals surface area contributed by atoms with Crippen LogP contribution in [0.15, 0.2) is 0 Å². The van der Waals surface area contributed by atoms with Crippen LogP contribution < -0.4 is 5.73 Å². The fourth-order valence-electron chi connectivity index (χ4n) is 2.58.